The van der Waals surface area contributed by atoms with E-state index in [-0.39, 0.29) is 24.5 Å². The smallest absolute Gasteiger partial charge is 0.253 e. The highest BCUT2D eigenvalue weighted by atomic mass is 16.5. The summed E-state index contributed by atoms with van der Waals surface area (Å²) in [5.41, 5.74) is 1.96. The summed E-state index contributed by atoms with van der Waals surface area (Å²) in [4.78, 5) is 25.7. The maximum atomic E-state index is 12.2. The van der Waals surface area contributed by atoms with Gasteiger partial charge in [-0.2, -0.15) is 0 Å². The molecule has 6 heteroatoms. The van der Waals surface area contributed by atoms with Crippen LogP contribution < -0.4 is 15.4 Å². The van der Waals surface area contributed by atoms with Crippen LogP contribution in [0.25, 0.3) is 0 Å². The Morgan fingerprint density at radius 1 is 1.07 bits per heavy atom. The highest BCUT2D eigenvalue weighted by molar-refractivity contribution is 5.96. The van der Waals surface area contributed by atoms with Gasteiger partial charge in [-0.05, 0) is 43.7 Å². The first-order chi connectivity index (χ1) is 12.9. The number of carbonyl (C=O) groups excluding carboxylic acids is 2. The van der Waals surface area contributed by atoms with Gasteiger partial charge >= 0.3 is 0 Å². The van der Waals surface area contributed by atoms with Crippen molar-refractivity contribution in [2.45, 2.75) is 26.4 Å². The van der Waals surface area contributed by atoms with E-state index in [1.807, 2.05) is 31.2 Å². The van der Waals surface area contributed by atoms with E-state index in [4.69, 9.17) is 4.74 Å². The zero-order chi connectivity index (χ0) is 19.8. The van der Waals surface area contributed by atoms with Gasteiger partial charge in [-0.3, -0.25) is 9.59 Å². The number of benzene rings is 2. The zero-order valence-corrected chi connectivity index (χ0v) is 16.3. The molecular formula is C21H27N3O3. The molecule has 2 N–H and O–H groups in total. The summed E-state index contributed by atoms with van der Waals surface area (Å²) in [5.74, 6) is 0.464. The topological polar surface area (TPSA) is 70.7 Å². The van der Waals surface area contributed by atoms with Crippen LogP contribution in [0.4, 0.5) is 11.4 Å². The molecule has 0 spiro atoms. The molecular weight excluding hydrogens is 342 g/mol. The normalized spacial score (nSPS) is 11.4. The lowest BCUT2D eigenvalue weighted by atomic mass is 10.2. The van der Waals surface area contributed by atoms with Crippen molar-refractivity contribution < 1.29 is 14.3 Å². The number of amides is 2. The fourth-order valence-electron chi connectivity index (χ4n) is 2.37. The molecule has 1 unspecified atom stereocenters. The maximum absolute atomic E-state index is 12.2. The Morgan fingerprint density at radius 3 is 2.48 bits per heavy atom. The van der Waals surface area contributed by atoms with Crippen LogP contribution in [-0.4, -0.2) is 43.5 Å². The minimum Gasteiger partial charge on any atom is -0.491 e. The molecule has 6 nitrogen and oxygen atoms in total. The van der Waals surface area contributed by atoms with Crippen molar-refractivity contribution in [3.63, 3.8) is 0 Å². The second kappa shape index (κ2) is 9.62. The van der Waals surface area contributed by atoms with Crippen molar-refractivity contribution in [2.75, 3.05) is 31.3 Å². The van der Waals surface area contributed by atoms with Gasteiger partial charge in [-0.1, -0.05) is 19.1 Å². The van der Waals surface area contributed by atoms with Gasteiger partial charge in [0.05, 0.1) is 12.6 Å². The second-order valence-corrected chi connectivity index (χ2v) is 6.55. The molecule has 2 rings (SSSR count). The molecule has 0 aliphatic rings. The van der Waals surface area contributed by atoms with E-state index in [9.17, 15) is 9.59 Å². The van der Waals surface area contributed by atoms with E-state index in [2.05, 4.69) is 17.6 Å². The van der Waals surface area contributed by atoms with E-state index < -0.39 is 0 Å². The molecule has 0 aliphatic carbocycles. The lowest BCUT2D eigenvalue weighted by Crippen LogP contribution is -2.23. The van der Waals surface area contributed by atoms with Crippen molar-refractivity contribution in [1.29, 1.82) is 0 Å². The highest BCUT2D eigenvalue weighted by Gasteiger charge is 2.09. The standard InChI is InChI=1S/C21H27N3O3/c1-5-15(2)27-19-11-7-10-18(13-19)23-20(25)14-22-17-9-6-8-16(12-17)21(26)24(3)4/h6-13,15,22H,5,14H2,1-4H3,(H,23,25). The minimum absolute atomic E-state index is 0.0822. The van der Waals surface area contributed by atoms with Gasteiger partial charge in [0, 0.05) is 37.1 Å². The third-order valence-corrected chi connectivity index (χ3v) is 4.00. The third-order valence-electron chi connectivity index (χ3n) is 4.00. The summed E-state index contributed by atoms with van der Waals surface area (Å²) >= 11 is 0. The van der Waals surface area contributed by atoms with Gasteiger partial charge < -0.3 is 20.3 Å². The van der Waals surface area contributed by atoms with Crippen molar-refractivity contribution in [2.24, 2.45) is 0 Å². The van der Waals surface area contributed by atoms with Crippen LogP contribution in [0.3, 0.4) is 0 Å². The number of carbonyl (C=O) groups is 2. The van der Waals surface area contributed by atoms with Gasteiger partial charge in [-0.15, -0.1) is 0 Å². The average molecular weight is 369 g/mol. The molecule has 2 aromatic rings. The maximum Gasteiger partial charge on any atom is 0.253 e. The summed E-state index contributed by atoms with van der Waals surface area (Å²) in [7, 11) is 3.41. The van der Waals surface area contributed by atoms with Crippen molar-refractivity contribution in [3.05, 3.63) is 54.1 Å². The fourth-order valence-corrected chi connectivity index (χ4v) is 2.37. The van der Waals surface area contributed by atoms with Crippen molar-refractivity contribution in [1.82, 2.24) is 4.90 Å². The molecule has 0 saturated carbocycles. The molecule has 0 aromatic heterocycles. The van der Waals surface area contributed by atoms with E-state index >= 15 is 0 Å². The largest absolute Gasteiger partial charge is 0.491 e. The Morgan fingerprint density at radius 2 is 1.78 bits per heavy atom. The number of hydrogen-bond donors (Lipinski definition) is 2. The summed E-state index contributed by atoms with van der Waals surface area (Å²) in [6, 6.07) is 14.4. The monoisotopic (exact) mass is 369 g/mol. The number of rotatable bonds is 8. The van der Waals surface area contributed by atoms with Gasteiger partial charge in [0.25, 0.3) is 5.91 Å². The summed E-state index contributed by atoms with van der Waals surface area (Å²) in [6.07, 6.45) is 1.03. The van der Waals surface area contributed by atoms with E-state index in [1.54, 1.807) is 38.4 Å². The number of ether oxygens (including phenoxy) is 1. The quantitative estimate of drug-likeness (QED) is 0.746. The number of nitrogens with one attached hydrogen (secondary N) is 2. The molecule has 144 valence electrons. The summed E-state index contributed by atoms with van der Waals surface area (Å²) < 4.78 is 5.77. The minimum atomic E-state index is -0.181. The SMILES string of the molecule is CCC(C)Oc1cccc(NC(=O)CNc2cccc(C(=O)N(C)C)c2)c1. The number of nitrogens with zero attached hydrogens (tertiary/aromatic N) is 1. The Balaban J connectivity index is 1.92. The fraction of sp³-hybridized carbons (Fsp3) is 0.333. The molecule has 2 amide bonds. The molecule has 0 fully saturated rings. The van der Waals surface area contributed by atoms with Crippen LogP contribution in [0, 0.1) is 0 Å². The number of anilines is 2. The molecule has 27 heavy (non-hydrogen) atoms. The first-order valence-electron chi connectivity index (χ1n) is 9.01. The first-order valence-corrected chi connectivity index (χ1v) is 9.01. The second-order valence-electron chi connectivity index (χ2n) is 6.55. The zero-order valence-electron chi connectivity index (χ0n) is 16.3. The van der Waals surface area contributed by atoms with E-state index in [0.717, 1.165) is 12.2 Å². The van der Waals surface area contributed by atoms with Crippen LogP contribution in [0.15, 0.2) is 48.5 Å². The van der Waals surface area contributed by atoms with Crippen LogP contribution in [0.5, 0.6) is 5.75 Å². The molecule has 0 radical (unpaired) electrons. The van der Waals surface area contributed by atoms with Gasteiger partial charge in [-0.25, -0.2) is 0 Å². The molecule has 0 bridgehead atoms. The summed E-state index contributed by atoms with van der Waals surface area (Å²) in [6.45, 7) is 4.16. The highest BCUT2D eigenvalue weighted by Crippen LogP contribution is 2.19. The van der Waals surface area contributed by atoms with Gasteiger partial charge in [0.2, 0.25) is 5.91 Å². The molecule has 2 aromatic carbocycles. The first kappa shape index (κ1) is 20.3. The van der Waals surface area contributed by atoms with Crippen LogP contribution in [0.1, 0.15) is 30.6 Å². The Hall–Kier alpha value is -3.02. The Bertz CT molecular complexity index is 790. The third kappa shape index (κ3) is 6.33. The predicted molar refractivity (Wildman–Crippen MR) is 108 cm³/mol. The molecule has 0 aliphatic heterocycles. The predicted octanol–water partition coefficient (Wildman–Crippen LogP) is 3.62. The lowest BCUT2D eigenvalue weighted by Gasteiger charge is -2.14. The molecule has 1 atom stereocenters. The van der Waals surface area contributed by atoms with Crippen LogP contribution in [-0.2, 0) is 4.79 Å². The van der Waals surface area contributed by atoms with E-state index in [0.29, 0.717) is 16.9 Å². The number of hydrogen-bond acceptors (Lipinski definition) is 4. The Kier molecular flexibility index (Phi) is 7.23. The van der Waals surface area contributed by atoms with Crippen molar-refractivity contribution in [3.8, 4) is 5.75 Å². The van der Waals surface area contributed by atoms with Crippen LogP contribution >= 0.6 is 0 Å². The van der Waals surface area contributed by atoms with Gasteiger partial charge in [0.1, 0.15) is 5.75 Å². The molecule has 0 saturated heterocycles. The lowest BCUT2D eigenvalue weighted by molar-refractivity contribution is -0.114. The van der Waals surface area contributed by atoms with E-state index in [1.165, 1.54) is 4.90 Å². The van der Waals surface area contributed by atoms with Crippen LogP contribution in [0.2, 0.25) is 0 Å². The molecule has 0 heterocycles. The van der Waals surface area contributed by atoms with Crippen molar-refractivity contribution >= 4 is 23.2 Å². The summed E-state index contributed by atoms with van der Waals surface area (Å²) in [5, 5.41) is 5.88. The Labute approximate surface area is 160 Å². The van der Waals surface area contributed by atoms with Gasteiger partial charge in [0.15, 0.2) is 0 Å². The average Bonchev–Trinajstić information content (AvgIpc) is 2.66.